The topological polar surface area (TPSA) is 28.3 Å². The molecule has 14 aromatic rings. The largest absolute Gasteiger partial charge is 0.497 e. The highest BCUT2D eigenvalue weighted by molar-refractivity contribution is 7.80. The van der Waals surface area contributed by atoms with Crippen LogP contribution in [0.4, 0.5) is 0 Å². The van der Waals surface area contributed by atoms with E-state index in [0.29, 0.717) is 0 Å². The van der Waals surface area contributed by atoms with Gasteiger partial charge in [-0.3, -0.25) is 0 Å². The van der Waals surface area contributed by atoms with Crippen LogP contribution in [0.5, 0.6) is 11.5 Å². The van der Waals surface area contributed by atoms with Crippen LogP contribution in [0, 0.1) is 0 Å². The molecule has 0 spiro atoms. The van der Waals surface area contributed by atoms with Gasteiger partial charge in [0.15, 0.2) is 0 Å². The van der Waals surface area contributed by atoms with E-state index < -0.39 is 21.3 Å². The maximum Gasteiger partial charge on any atom is 0.119 e. The van der Waals surface area contributed by atoms with E-state index in [1.165, 1.54) is 86.8 Å². The van der Waals surface area contributed by atoms with E-state index >= 15 is 0 Å². The van der Waals surface area contributed by atoms with E-state index in [1.807, 2.05) is 0 Å². The number of fused-ring (bicyclic) bond motifs is 9. The lowest BCUT2D eigenvalue weighted by atomic mass is 9.67. The maximum absolute atomic E-state index is 5.66. The summed E-state index contributed by atoms with van der Waals surface area (Å²) < 4.78 is 16.1. The monoisotopic (exact) mass is 1080 g/mol. The van der Waals surface area contributed by atoms with Gasteiger partial charge in [-0.15, -0.1) is 0 Å². The predicted octanol–water partition coefficient (Wildman–Crippen LogP) is 15.8. The molecule has 0 bridgehead atoms. The molecule has 0 atom stereocenters. The highest BCUT2D eigenvalue weighted by atomic mass is 31.1. The SMILES string of the molecule is COc1ccc(-n2c3ccccc3c3cc(C4(c5ccc6c(c5)c5ccccc5n6-c5ccc(OC)cc5)c5cc(P(c6ccccc6)c6ccccc6)ccc5-c5ccc(P(c6ccccc6)c6ccccc6)cc54)ccc32)cc1. The van der Waals surface area contributed by atoms with Crippen molar-refractivity contribution in [1.82, 2.24) is 9.13 Å². The Balaban J connectivity index is 1.08. The fraction of sp³-hybridized carbons (Fsp3) is 0.0400. The van der Waals surface area contributed by atoms with Crippen molar-refractivity contribution in [2.24, 2.45) is 0 Å². The molecule has 81 heavy (non-hydrogen) atoms. The Bertz CT molecular complexity index is 4270. The summed E-state index contributed by atoms with van der Waals surface area (Å²) in [4.78, 5) is 0. The number of rotatable bonds is 12. The zero-order valence-electron chi connectivity index (χ0n) is 44.8. The van der Waals surface area contributed by atoms with Crippen molar-refractivity contribution in [3.63, 3.8) is 0 Å². The summed E-state index contributed by atoms with van der Waals surface area (Å²) in [7, 11) is 1.53. The second kappa shape index (κ2) is 20.1. The quantitative estimate of drug-likeness (QED) is 0.114. The Morgan fingerprint density at radius 1 is 0.284 bits per heavy atom. The van der Waals surface area contributed by atoms with Crippen LogP contribution >= 0.6 is 15.8 Å². The van der Waals surface area contributed by atoms with Crippen LogP contribution in [0.3, 0.4) is 0 Å². The van der Waals surface area contributed by atoms with Crippen LogP contribution in [0.15, 0.2) is 291 Å². The Hall–Kier alpha value is -9.30. The molecule has 1 aliphatic rings. The van der Waals surface area contributed by atoms with Gasteiger partial charge in [0.1, 0.15) is 11.5 Å². The van der Waals surface area contributed by atoms with Gasteiger partial charge < -0.3 is 18.6 Å². The zero-order valence-corrected chi connectivity index (χ0v) is 46.6. The predicted molar refractivity (Wildman–Crippen MR) is 343 cm³/mol. The van der Waals surface area contributed by atoms with Gasteiger partial charge in [-0.05, 0) is 178 Å². The molecule has 0 saturated heterocycles. The van der Waals surface area contributed by atoms with Crippen molar-refractivity contribution in [2.75, 3.05) is 14.2 Å². The Morgan fingerprint density at radius 3 is 0.975 bits per heavy atom. The van der Waals surface area contributed by atoms with Gasteiger partial charge in [-0.25, -0.2) is 0 Å². The third-order valence-electron chi connectivity index (χ3n) is 16.6. The standard InChI is InChI=1S/C75H54N2O2P2/c1-78-55-37-33-53(34-38-55)76-71-29-17-15-27-65(71)67-47-51(31-45-73(67)76)75(52-32-46-74-68(48-52)66-28-16-18-30-72(66)77(74)54-35-39-56(79-2)40-36-54)69-49-61(80(57-19-7-3-8-20-57)58-21-9-4-10-22-58)41-43-63(69)64-44-42-62(50-70(64)75)81(59-23-11-5-12-24-59)60-25-13-6-14-26-60/h3-50H,1-2H3. The van der Waals surface area contributed by atoms with Gasteiger partial charge >= 0.3 is 0 Å². The summed E-state index contributed by atoms with van der Waals surface area (Å²) in [6.45, 7) is 0. The first kappa shape index (κ1) is 48.8. The third-order valence-corrected chi connectivity index (χ3v) is 21.4. The summed E-state index contributed by atoms with van der Waals surface area (Å²) in [5.41, 5.74) is 13.5. The highest BCUT2D eigenvalue weighted by Crippen LogP contribution is 2.58. The van der Waals surface area contributed by atoms with Crippen molar-refractivity contribution in [2.45, 2.75) is 5.41 Å². The van der Waals surface area contributed by atoms with Crippen LogP contribution in [-0.2, 0) is 5.41 Å². The molecule has 1 aliphatic carbocycles. The van der Waals surface area contributed by atoms with Gasteiger partial charge in [-0.1, -0.05) is 194 Å². The average molecular weight is 1080 g/mol. The van der Waals surface area contributed by atoms with Crippen molar-refractivity contribution >= 4 is 91.3 Å². The van der Waals surface area contributed by atoms with Gasteiger partial charge in [0.05, 0.1) is 41.7 Å². The first-order valence-electron chi connectivity index (χ1n) is 27.6. The number of hydrogen-bond acceptors (Lipinski definition) is 2. The highest BCUT2D eigenvalue weighted by Gasteiger charge is 2.48. The number of methoxy groups -OCH3 is 2. The number of hydrogen-bond donors (Lipinski definition) is 0. The molecule has 0 saturated carbocycles. The van der Waals surface area contributed by atoms with E-state index in [1.54, 1.807) is 14.2 Å². The summed E-state index contributed by atoms with van der Waals surface area (Å²) >= 11 is 0. The number of aromatic nitrogens is 2. The van der Waals surface area contributed by atoms with Gasteiger partial charge in [-0.2, -0.15) is 0 Å². The number of ether oxygens (including phenoxy) is 2. The summed E-state index contributed by atoms with van der Waals surface area (Å²) in [6, 6.07) is 109. The van der Waals surface area contributed by atoms with Crippen molar-refractivity contribution in [1.29, 1.82) is 0 Å². The lowest BCUT2D eigenvalue weighted by molar-refractivity contribution is 0.414. The fourth-order valence-corrected chi connectivity index (χ4v) is 17.6. The maximum atomic E-state index is 5.66. The molecule has 6 heteroatoms. The molecular formula is C75H54N2O2P2. The van der Waals surface area contributed by atoms with Crippen molar-refractivity contribution in [3.05, 3.63) is 313 Å². The molecule has 2 heterocycles. The molecule has 0 N–H and O–H groups in total. The molecule has 0 aliphatic heterocycles. The number of benzene rings is 12. The zero-order chi connectivity index (χ0) is 54.0. The van der Waals surface area contributed by atoms with Crippen LogP contribution in [0.25, 0.3) is 66.1 Å². The van der Waals surface area contributed by atoms with Crippen molar-refractivity contribution < 1.29 is 9.47 Å². The van der Waals surface area contributed by atoms with Crippen LogP contribution in [0.1, 0.15) is 22.3 Å². The molecule has 4 nitrogen and oxygen atoms in total. The molecule has 0 unspecified atom stereocenters. The van der Waals surface area contributed by atoms with Crippen LogP contribution in [-0.4, -0.2) is 23.4 Å². The molecule has 0 amide bonds. The van der Waals surface area contributed by atoms with Gasteiger partial charge in [0.25, 0.3) is 0 Å². The third kappa shape index (κ3) is 7.96. The van der Waals surface area contributed by atoms with E-state index in [9.17, 15) is 0 Å². The van der Waals surface area contributed by atoms with Crippen molar-refractivity contribution in [3.8, 4) is 34.0 Å². The van der Waals surface area contributed by atoms with Crippen LogP contribution in [0.2, 0.25) is 0 Å². The summed E-state index contributed by atoms with van der Waals surface area (Å²) in [5.74, 6) is 1.66. The fourth-order valence-electron chi connectivity index (χ4n) is 13.0. The van der Waals surface area contributed by atoms with Gasteiger partial charge in [0.2, 0.25) is 0 Å². The Labute approximate surface area is 474 Å². The second-order valence-corrected chi connectivity index (χ2v) is 25.2. The minimum atomic E-state index is -0.962. The second-order valence-electron chi connectivity index (χ2n) is 20.8. The first-order chi connectivity index (χ1) is 40.1. The first-order valence-corrected chi connectivity index (χ1v) is 30.2. The smallest absolute Gasteiger partial charge is 0.119 e. The molecule has 0 radical (unpaired) electrons. The average Bonchev–Trinajstić information content (AvgIpc) is 2.20. The Morgan fingerprint density at radius 2 is 0.617 bits per heavy atom. The molecular weight excluding hydrogens is 1020 g/mol. The Kier molecular flexibility index (Phi) is 12.1. The molecule has 15 rings (SSSR count). The van der Waals surface area contributed by atoms with E-state index in [-0.39, 0.29) is 0 Å². The number of para-hydroxylation sites is 2. The molecule has 12 aromatic carbocycles. The summed E-state index contributed by atoms with van der Waals surface area (Å²) in [5, 5.41) is 12.7. The lowest BCUT2D eigenvalue weighted by Gasteiger charge is -2.35. The molecule has 386 valence electrons. The van der Waals surface area contributed by atoms with E-state index in [4.69, 9.17) is 9.47 Å². The minimum absolute atomic E-state index is 0.811. The van der Waals surface area contributed by atoms with Gasteiger partial charge in [0, 0.05) is 32.9 Å². The van der Waals surface area contributed by atoms with E-state index in [0.717, 1.165) is 44.9 Å². The van der Waals surface area contributed by atoms with Crippen LogP contribution < -0.4 is 41.3 Å². The molecule has 2 aromatic heterocycles. The number of nitrogens with zero attached hydrogens (tertiary/aromatic N) is 2. The minimum Gasteiger partial charge on any atom is -0.497 e. The van der Waals surface area contributed by atoms with E-state index in [2.05, 4.69) is 300 Å². The summed E-state index contributed by atoms with van der Waals surface area (Å²) in [6.07, 6.45) is 0. The molecule has 0 fully saturated rings. The normalized spacial score (nSPS) is 12.6. The lowest BCUT2D eigenvalue weighted by Crippen LogP contribution is -2.31.